The summed E-state index contributed by atoms with van der Waals surface area (Å²) in [7, 11) is -3.72. The third-order valence-electron chi connectivity index (χ3n) is 4.25. The minimum Gasteiger partial charge on any atom is -0.360 e. The van der Waals surface area contributed by atoms with Gasteiger partial charge in [0.1, 0.15) is 10.6 Å². The second-order valence-corrected chi connectivity index (χ2v) is 8.69. The van der Waals surface area contributed by atoms with Crippen LogP contribution in [0.3, 0.4) is 0 Å². The van der Waals surface area contributed by atoms with Crippen molar-refractivity contribution in [3.05, 3.63) is 45.3 Å². The zero-order chi connectivity index (χ0) is 19.1. The minimum atomic E-state index is -3.72. The molecule has 1 aliphatic rings. The van der Waals surface area contributed by atoms with Gasteiger partial charge in [-0.2, -0.15) is 4.31 Å². The Labute approximate surface area is 161 Å². The van der Waals surface area contributed by atoms with E-state index in [1.807, 2.05) is 0 Å². The topological polar surface area (TPSA) is 83.7 Å². The average molecular weight is 418 g/mol. The number of carbonyl (C=O) groups is 1. The van der Waals surface area contributed by atoms with Crippen LogP contribution >= 0.6 is 23.2 Å². The number of nitrogens with zero attached hydrogens (tertiary/aromatic N) is 3. The van der Waals surface area contributed by atoms with Crippen LogP contribution in [-0.2, 0) is 10.0 Å². The molecule has 0 spiro atoms. The van der Waals surface area contributed by atoms with Gasteiger partial charge in [0.2, 0.25) is 10.0 Å². The SMILES string of the molecule is Cc1noc(C)c1S(=O)(=O)N1CCN(C(=O)c2cc(Cl)ccc2Cl)CC1. The second-order valence-electron chi connectivity index (χ2n) is 5.97. The van der Waals surface area contributed by atoms with Gasteiger partial charge in [-0.25, -0.2) is 8.42 Å². The van der Waals surface area contributed by atoms with Crippen molar-refractivity contribution in [1.82, 2.24) is 14.4 Å². The maximum absolute atomic E-state index is 12.8. The Balaban J connectivity index is 1.75. The van der Waals surface area contributed by atoms with Crippen molar-refractivity contribution in [3.63, 3.8) is 0 Å². The Hall–Kier alpha value is -1.61. The highest BCUT2D eigenvalue weighted by Gasteiger charge is 2.34. The Kier molecular flexibility index (Phi) is 5.30. The normalized spacial score (nSPS) is 16.1. The van der Waals surface area contributed by atoms with E-state index in [0.717, 1.165) is 0 Å². The van der Waals surface area contributed by atoms with E-state index >= 15 is 0 Å². The van der Waals surface area contributed by atoms with Gasteiger partial charge in [-0.15, -0.1) is 0 Å². The van der Waals surface area contributed by atoms with E-state index in [0.29, 0.717) is 21.3 Å². The molecule has 2 aromatic rings. The molecule has 140 valence electrons. The third-order valence-corrected chi connectivity index (χ3v) is 6.96. The zero-order valence-corrected chi connectivity index (χ0v) is 16.5. The molecule has 0 unspecified atom stereocenters. The molecule has 0 bridgehead atoms. The van der Waals surface area contributed by atoms with E-state index < -0.39 is 10.0 Å². The number of sulfonamides is 1. The van der Waals surface area contributed by atoms with Gasteiger partial charge in [-0.3, -0.25) is 4.79 Å². The predicted molar refractivity (Wildman–Crippen MR) is 97.1 cm³/mol. The van der Waals surface area contributed by atoms with Crippen molar-refractivity contribution in [1.29, 1.82) is 0 Å². The van der Waals surface area contributed by atoms with Gasteiger partial charge < -0.3 is 9.42 Å². The third kappa shape index (κ3) is 3.46. The average Bonchev–Trinajstić information content (AvgIpc) is 2.95. The molecule has 0 atom stereocenters. The van der Waals surface area contributed by atoms with Crippen molar-refractivity contribution in [2.75, 3.05) is 26.2 Å². The lowest BCUT2D eigenvalue weighted by atomic mass is 10.2. The number of hydrogen-bond acceptors (Lipinski definition) is 5. The number of hydrogen-bond donors (Lipinski definition) is 0. The number of rotatable bonds is 3. The first kappa shape index (κ1) is 19.2. The Morgan fingerprint density at radius 1 is 1.15 bits per heavy atom. The number of aromatic nitrogens is 1. The molecule has 0 N–H and O–H groups in total. The highest BCUT2D eigenvalue weighted by molar-refractivity contribution is 7.89. The van der Waals surface area contributed by atoms with Crippen molar-refractivity contribution < 1.29 is 17.7 Å². The lowest BCUT2D eigenvalue weighted by Crippen LogP contribution is -2.50. The molecular formula is C16H17Cl2N3O4S. The fraction of sp³-hybridized carbons (Fsp3) is 0.375. The summed E-state index contributed by atoms with van der Waals surface area (Å²) in [6, 6.07) is 4.68. The van der Waals surface area contributed by atoms with Gasteiger partial charge in [-0.05, 0) is 32.0 Å². The molecule has 7 nitrogen and oxygen atoms in total. The molecule has 26 heavy (non-hydrogen) atoms. The number of carbonyl (C=O) groups excluding carboxylic acids is 1. The summed E-state index contributed by atoms with van der Waals surface area (Å²) in [5.41, 5.74) is 0.632. The van der Waals surface area contributed by atoms with Crippen LogP contribution in [-0.4, -0.2) is 54.9 Å². The number of benzene rings is 1. The molecule has 3 rings (SSSR count). The second kappa shape index (κ2) is 7.19. The Bertz CT molecular complexity index is 931. The minimum absolute atomic E-state index is 0.0927. The summed E-state index contributed by atoms with van der Waals surface area (Å²) < 4.78 is 31.9. The first-order valence-electron chi connectivity index (χ1n) is 7.89. The predicted octanol–water partition coefficient (Wildman–Crippen LogP) is 2.74. The number of amides is 1. The van der Waals surface area contributed by atoms with E-state index in [9.17, 15) is 13.2 Å². The maximum Gasteiger partial charge on any atom is 0.255 e. The molecule has 0 aliphatic carbocycles. The van der Waals surface area contributed by atoms with Gasteiger partial charge in [0.15, 0.2) is 5.76 Å². The molecule has 2 heterocycles. The van der Waals surface area contributed by atoms with Gasteiger partial charge in [0.05, 0.1) is 10.6 Å². The van der Waals surface area contributed by atoms with Gasteiger partial charge in [-0.1, -0.05) is 28.4 Å². The fourth-order valence-electron chi connectivity index (χ4n) is 2.94. The molecule has 10 heteroatoms. The highest BCUT2D eigenvalue weighted by Crippen LogP contribution is 2.26. The van der Waals surface area contributed by atoms with Crippen LogP contribution in [0, 0.1) is 13.8 Å². The number of aryl methyl sites for hydroxylation is 2. The van der Waals surface area contributed by atoms with Crippen molar-refractivity contribution in [3.8, 4) is 0 Å². The molecule has 1 saturated heterocycles. The van der Waals surface area contributed by atoms with Crippen LogP contribution in [0.25, 0.3) is 0 Å². The molecule has 1 aromatic heterocycles. The molecule has 1 fully saturated rings. The van der Waals surface area contributed by atoms with Crippen LogP contribution in [0.1, 0.15) is 21.8 Å². The van der Waals surface area contributed by atoms with Crippen LogP contribution in [0.15, 0.2) is 27.6 Å². The lowest BCUT2D eigenvalue weighted by Gasteiger charge is -2.34. The smallest absolute Gasteiger partial charge is 0.255 e. The Morgan fingerprint density at radius 2 is 1.81 bits per heavy atom. The lowest BCUT2D eigenvalue weighted by molar-refractivity contribution is 0.0698. The monoisotopic (exact) mass is 417 g/mol. The van der Waals surface area contributed by atoms with E-state index in [1.165, 1.54) is 10.4 Å². The van der Waals surface area contributed by atoms with Gasteiger partial charge in [0, 0.05) is 31.2 Å². The number of halogens is 2. The molecule has 1 amide bonds. The molecular weight excluding hydrogens is 401 g/mol. The van der Waals surface area contributed by atoms with Gasteiger partial charge in [0.25, 0.3) is 5.91 Å². The van der Waals surface area contributed by atoms with Crippen LogP contribution in [0.4, 0.5) is 0 Å². The van der Waals surface area contributed by atoms with E-state index in [2.05, 4.69) is 5.16 Å². The summed E-state index contributed by atoms with van der Waals surface area (Å²) in [4.78, 5) is 14.3. The standard InChI is InChI=1S/C16H17Cl2N3O4S/c1-10-15(11(2)25-19-10)26(23,24)21-7-5-20(6-8-21)16(22)13-9-12(17)3-4-14(13)18/h3-4,9H,5-8H2,1-2H3. The zero-order valence-electron chi connectivity index (χ0n) is 14.2. The van der Waals surface area contributed by atoms with E-state index in [1.54, 1.807) is 30.9 Å². The summed E-state index contributed by atoms with van der Waals surface area (Å²) in [6.07, 6.45) is 0. The van der Waals surface area contributed by atoms with Crippen molar-refractivity contribution in [2.24, 2.45) is 0 Å². The van der Waals surface area contributed by atoms with Crippen LogP contribution in [0.5, 0.6) is 0 Å². The Morgan fingerprint density at radius 3 is 2.38 bits per heavy atom. The summed E-state index contributed by atoms with van der Waals surface area (Å²) in [5, 5.41) is 4.43. The summed E-state index contributed by atoms with van der Waals surface area (Å²) >= 11 is 12.0. The van der Waals surface area contributed by atoms with E-state index in [-0.39, 0.29) is 42.7 Å². The quantitative estimate of drug-likeness (QED) is 0.766. The van der Waals surface area contributed by atoms with Gasteiger partial charge >= 0.3 is 0 Å². The van der Waals surface area contributed by atoms with Crippen LogP contribution in [0.2, 0.25) is 10.0 Å². The maximum atomic E-state index is 12.8. The molecule has 1 aromatic carbocycles. The number of piperazine rings is 1. The molecule has 0 radical (unpaired) electrons. The first-order chi connectivity index (χ1) is 12.2. The fourth-order valence-corrected chi connectivity index (χ4v) is 5.02. The van der Waals surface area contributed by atoms with E-state index in [4.69, 9.17) is 27.7 Å². The molecule has 0 saturated carbocycles. The highest BCUT2D eigenvalue weighted by atomic mass is 35.5. The summed E-state index contributed by atoms with van der Waals surface area (Å²) in [5.74, 6) is -0.0152. The van der Waals surface area contributed by atoms with Crippen LogP contribution < -0.4 is 0 Å². The van der Waals surface area contributed by atoms with Crippen molar-refractivity contribution in [2.45, 2.75) is 18.7 Å². The van der Waals surface area contributed by atoms with Crippen molar-refractivity contribution >= 4 is 39.1 Å². The molecule has 1 aliphatic heterocycles. The largest absolute Gasteiger partial charge is 0.360 e. The summed E-state index contributed by atoms with van der Waals surface area (Å²) in [6.45, 7) is 4.01. The first-order valence-corrected chi connectivity index (χ1v) is 10.1.